The lowest BCUT2D eigenvalue weighted by Gasteiger charge is -2.19. The number of hydrogen-bond donors (Lipinski definition) is 2. The topological polar surface area (TPSA) is 75.3 Å². The molecule has 3 rings (SSSR count). The summed E-state index contributed by atoms with van der Waals surface area (Å²) in [6.45, 7) is 3.89. The molecule has 1 amide bonds. The Labute approximate surface area is 169 Å². The summed E-state index contributed by atoms with van der Waals surface area (Å²) in [6.07, 6.45) is 0.252. The molecule has 0 radical (unpaired) electrons. The van der Waals surface area contributed by atoms with E-state index in [0.29, 0.717) is 5.69 Å². The van der Waals surface area contributed by atoms with E-state index in [0.717, 1.165) is 28.0 Å². The molecule has 1 aromatic heterocycles. The van der Waals surface area contributed by atoms with Crippen molar-refractivity contribution < 1.29 is 13.2 Å². The molecule has 5 nitrogen and oxygen atoms in total. The SMILES string of the molecule is Cc1cccc(NC(=O)C(Cc2ccccc2)NS(=O)(=O)c2cccs2)c1C. The molecule has 2 N–H and O–H groups in total. The Kier molecular flexibility index (Phi) is 6.28. The van der Waals surface area contributed by atoms with Gasteiger partial charge in [0.1, 0.15) is 10.3 Å². The van der Waals surface area contributed by atoms with Gasteiger partial charge in [-0.15, -0.1) is 11.3 Å². The van der Waals surface area contributed by atoms with Gasteiger partial charge in [-0.05, 0) is 54.5 Å². The number of anilines is 1. The van der Waals surface area contributed by atoms with Gasteiger partial charge in [0.05, 0.1) is 0 Å². The van der Waals surface area contributed by atoms with E-state index in [9.17, 15) is 13.2 Å². The van der Waals surface area contributed by atoms with E-state index < -0.39 is 22.0 Å². The van der Waals surface area contributed by atoms with E-state index in [-0.39, 0.29) is 10.6 Å². The first-order valence-corrected chi connectivity index (χ1v) is 11.2. The molecule has 0 aliphatic rings. The second kappa shape index (κ2) is 8.68. The van der Waals surface area contributed by atoms with Crippen LogP contribution < -0.4 is 10.0 Å². The van der Waals surface area contributed by atoms with Crippen LogP contribution in [0.15, 0.2) is 70.3 Å². The lowest BCUT2D eigenvalue weighted by Crippen LogP contribution is -2.45. The number of amides is 1. The van der Waals surface area contributed by atoms with Gasteiger partial charge in [-0.3, -0.25) is 4.79 Å². The predicted octanol–water partition coefficient (Wildman–Crippen LogP) is 3.89. The van der Waals surface area contributed by atoms with E-state index in [2.05, 4.69) is 10.0 Å². The minimum absolute atomic E-state index is 0.185. The summed E-state index contributed by atoms with van der Waals surface area (Å²) in [4.78, 5) is 13.0. The Morgan fingerprint density at radius 3 is 2.43 bits per heavy atom. The lowest BCUT2D eigenvalue weighted by molar-refractivity contribution is -0.117. The van der Waals surface area contributed by atoms with Gasteiger partial charge in [0.25, 0.3) is 10.0 Å². The van der Waals surface area contributed by atoms with Crippen LogP contribution in [0.3, 0.4) is 0 Å². The Hall–Kier alpha value is -2.48. The summed E-state index contributed by atoms with van der Waals surface area (Å²) in [6, 6.07) is 17.2. The number of sulfonamides is 1. The zero-order chi connectivity index (χ0) is 20.1. The average Bonchev–Trinajstić information content (AvgIpc) is 3.21. The highest BCUT2D eigenvalue weighted by molar-refractivity contribution is 7.91. The molecule has 7 heteroatoms. The summed E-state index contributed by atoms with van der Waals surface area (Å²) >= 11 is 1.12. The molecule has 146 valence electrons. The molecular weight excluding hydrogens is 392 g/mol. The molecule has 0 fully saturated rings. The first-order chi connectivity index (χ1) is 13.4. The number of carbonyl (C=O) groups is 1. The number of aryl methyl sites for hydroxylation is 1. The van der Waals surface area contributed by atoms with E-state index in [1.165, 1.54) is 6.07 Å². The van der Waals surface area contributed by atoms with E-state index >= 15 is 0 Å². The maximum Gasteiger partial charge on any atom is 0.250 e. The van der Waals surface area contributed by atoms with Crippen LogP contribution in [0, 0.1) is 13.8 Å². The highest BCUT2D eigenvalue weighted by Crippen LogP contribution is 2.20. The van der Waals surface area contributed by atoms with Crippen molar-refractivity contribution in [3.8, 4) is 0 Å². The monoisotopic (exact) mass is 414 g/mol. The fourth-order valence-electron chi connectivity index (χ4n) is 2.81. The standard InChI is InChI=1S/C21H22N2O3S2/c1-15-8-6-11-18(16(15)2)22-21(24)19(14-17-9-4-3-5-10-17)23-28(25,26)20-12-7-13-27-20/h3-13,19,23H,14H2,1-2H3,(H,22,24). The van der Waals surface area contributed by atoms with Crippen molar-refractivity contribution in [2.75, 3.05) is 5.32 Å². The minimum atomic E-state index is -3.78. The highest BCUT2D eigenvalue weighted by Gasteiger charge is 2.27. The number of rotatable bonds is 7. The molecule has 0 bridgehead atoms. The van der Waals surface area contributed by atoms with Crippen LogP contribution in [0.2, 0.25) is 0 Å². The maximum atomic E-state index is 13.0. The number of hydrogen-bond acceptors (Lipinski definition) is 4. The smallest absolute Gasteiger partial charge is 0.250 e. The molecule has 28 heavy (non-hydrogen) atoms. The number of nitrogens with one attached hydrogen (secondary N) is 2. The first kappa shape index (κ1) is 20.3. The van der Waals surface area contributed by atoms with Crippen LogP contribution in [0.1, 0.15) is 16.7 Å². The normalized spacial score (nSPS) is 12.5. The predicted molar refractivity (Wildman–Crippen MR) is 113 cm³/mol. The van der Waals surface area contributed by atoms with Crippen molar-refractivity contribution in [1.29, 1.82) is 0 Å². The third-order valence-electron chi connectivity index (χ3n) is 4.52. The van der Waals surface area contributed by atoms with Crippen LogP contribution >= 0.6 is 11.3 Å². The summed E-state index contributed by atoms with van der Waals surface area (Å²) in [5.41, 5.74) is 3.56. The fraction of sp³-hybridized carbons (Fsp3) is 0.190. The lowest BCUT2D eigenvalue weighted by atomic mass is 10.0. The number of benzene rings is 2. The van der Waals surface area contributed by atoms with Crippen LogP contribution in [-0.2, 0) is 21.2 Å². The van der Waals surface area contributed by atoms with Crippen molar-refractivity contribution in [2.24, 2.45) is 0 Å². The molecule has 0 aliphatic heterocycles. The molecule has 1 heterocycles. The minimum Gasteiger partial charge on any atom is -0.324 e. The van der Waals surface area contributed by atoms with E-state index in [4.69, 9.17) is 0 Å². The van der Waals surface area contributed by atoms with Gasteiger partial charge in [0.2, 0.25) is 5.91 Å². The second-order valence-corrected chi connectivity index (χ2v) is 9.42. The molecule has 1 unspecified atom stereocenters. The molecule has 1 atom stereocenters. The molecular formula is C21H22N2O3S2. The third kappa shape index (κ3) is 4.86. The van der Waals surface area contributed by atoms with E-state index in [1.54, 1.807) is 11.4 Å². The second-order valence-electron chi connectivity index (χ2n) is 6.53. The fourth-order valence-corrected chi connectivity index (χ4v) is 5.01. The summed E-state index contributed by atoms with van der Waals surface area (Å²) in [7, 11) is -3.78. The van der Waals surface area contributed by atoms with Crippen LogP contribution in [0.5, 0.6) is 0 Å². The van der Waals surface area contributed by atoms with Gasteiger partial charge >= 0.3 is 0 Å². The van der Waals surface area contributed by atoms with Crippen molar-refractivity contribution in [3.05, 3.63) is 82.7 Å². The molecule has 2 aromatic carbocycles. The van der Waals surface area contributed by atoms with Crippen LogP contribution in [0.25, 0.3) is 0 Å². The van der Waals surface area contributed by atoms with Gasteiger partial charge in [-0.25, -0.2) is 8.42 Å². The summed E-state index contributed by atoms with van der Waals surface area (Å²) < 4.78 is 28.1. The zero-order valence-corrected chi connectivity index (χ0v) is 17.3. The van der Waals surface area contributed by atoms with Gasteiger partial charge < -0.3 is 5.32 Å². The largest absolute Gasteiger partial charge is 0.324 e. The number of carbonyl (C=O) groups excluding carboxylic acids is 1. The number of thiophene rings is 1. The zero-order valence-electron chi connectivity index (χ0n) is 15.7. The Balaban J connectivity index is 1.87. The van der Waals surface area contributed by atoms with Crippen LogP contribution in [0.4, 0.5) is 5.69 Å². The molecule has 0 aliphatic carbocycles. The average molecular weight is 415 g/mol. The van der Waals surface area contributed by atoms with Crippen LogP contribution in [-0.4, -0.2) is 20.4 Å². The molecule has 3 aromatic rings. The van der Waals surface area contributed by atoms with Gasteiger partial charge in [0, 0.05) is 5.69 Å². The summed E-state index contributed by atoms with van der Waals surface area (Å²) in [5, 5.41) is 4.57. The maximum absolute atomic E-state index is 13.0. The quantitative estimate of drug-likeness (QED) is 0.616. The summed E-state index contributed by atoms with van der Waals surface area (Å²) in [5.74, 6) is -0.391. The van der Waals surface area contributed by atoms with Crippen molar-refractivity contribution >= 4 is 33.0 Å². The Bertz CT molecular complexity index is 1050. The van der Waals surface area contributed by atoms with Crippen molar-refractivity contribution in [3.63, 3.8) is 0 Å². The molecule has 0 spiro atoms. The van der Waals surface area contributed by atoms with E-state index in [1.807, 2.05) is 62.4 Å². The first-order valence-electron chi connectivity index (χ1n) is 8.83. The van der Waals surface area contributed by atoms with Gasteiger partial charge in [-0.2, -0.15) is 4.72 Å². The van der Waals surface area contributed by atoms with Crippen molar-refractivity contribution in [2.45, 2.75) is 30.5 Å². The third-order valence-corrected chi connectivity index (χ3v) is 7.39. The van der Waals surface area contributed by atoms with Gasteiger partial charge in [-0.1, -0.05) is 48.5 Å². The van der Waals surface area contributed by atoms with Crippen molar-refractivity contribution in [1.82, 2.24) is 4.72 Å². The molecule has 0 saturated carbocycles. The molecule has 0 saturated heterocycles. The van der Waals surface area contributed by atoms with Gasteiger partial charge in [0.15, 0.2) is 0 Å². The Morgan fingerprint density at radius 2 is 1.75 bits per heavy atom. The Morgan fingerprint density at radius 1 is 1.00 bits per heavy atom. The highest BCUT2D eigenvalue weighted by atomic mass is 32.2.